The largest absolute Gasteiger partial charge is 0.433 e. The summed E-state index contributed by atoms with van der Waals surface area (Å²) in [6.07, 6.45) is -4.57. The van der Waals surface area contributed by atoms with Gasteiger partial charge in [-0.2, -0.15) is 17.5 Å². The molecular formula is C21H21F3N4O3S2. The van der Waals surface area contributed by atoms with Gasteiger partial charge in [0.05, 0.1) is 9.77 Å². The van der Waals surface area contributed by atoms with E-state index in [1.54, 1.807) is 6.92 Å². The molecule has 1 fully saturated rings. The fourth-order valence-electron chi connectivity index (χ4n) is 3.55. The first kappa shape index (κ1) is 23.6. The fourth-order valence-corrected chi connectivity index (χ4v) is 6.05. The van der Waals surface area contributed by atoms with Gasteiger partial charge in [0.2, 0.25) is 10.0 Å². The van der Waals surface area contributed by atoms with Crippen LogP contribution in [0.15, 0.2) is 41.3 Å². The summed E-state index contributed by atoms with van der Waals surface area (Å²) in [5, 5.41) is 3.15. The van der Waals surface area contributed by atoms with Crippen molar-refractivity contribution in [3.05, 3.63) is 52.5 Å². The van der Waals surface area contributed by atoms with Crippen molar-refractivity contribution in [3.63, 3.8) is 0 Å². The minimum atomic E-state index is -4.57. The molecule has 1 aliphatic rings. The first-order chi connectivity index (χ1) is 15.5. The van der Waals surface area contributed by atoms with Crippen LogP contribution in [0.2, 0.25) is 0 Å². The maximum absolute atomic E-state index is 12.9. The molecule has 176 valence electrons. The first-order valence-electron chi connectivity index (χ1n) is 10.0. The van der Waals surface area contributed by atoms with Gasteiger partial charge >= 0.3 is 6.18 Å². The molecule has 1 amide bonds. The number of likely N-dealkylation sites (N-methyl/N-ethyl adjacent to an activating group) is 1. The maximum atomic E-state index is 12.9. The van der Waals surface area contributed by atoms with Crippen LogP contribution in [-0.2, 0) is 16.2 Å². The molecule has 1 aliphatic heterocycles. The lowest BCUT2D eigenvalue weighted by Gasteiger charge is -2.31. The van der Waals surface area contributed by atoms with Gasteiger partial charge in [-0.1, -0.05) is 0 Å². The van der Waals surface area contributed by atoms with E-state index in [9.17, 15) is 26.4 Å². The number of hydrogen-bond acceptors (Lipinski definition) is 6. The Morgan fingerprint density at radius 3 is 2.30 bits per heavy atom. The van der Waals surface area contributed by atoms with Gasteiger partial charge in [0, 0.05) is 37.3 Å². The maximum Gasteiger partial charge on any atom is 0.433 e. The van der Waals surface area contributed by atoms with Gasteiger partial charge in [-0.25, -0.2) is 13.4 Å². The Morgan fingerprint density at radius 1 is 1.06 bits per heavy atom. The number of thiophene rings is 1. The van der Waals surface area contributed by atoms with E-state index in [-0.39, 0.29) is 14.6 Å². The summed E-state index contributed by atoms with van der Waals surface area (Å²) in [6.45, 7) is 3.77. The molecule has 33 heavy (non-hydrogen) atoms. The van der Waals surface area contributed by atoms with E-state index >= 15 is 0 Å². The highest BCUT2D eigenvalue weighted by atomic mass is 32.2. The zero-order valence-corrected chi connectivity index (χ0v) is 19.4. The van der Waals surface area contributed by atoms with Crippen LogP contribution in [0.4, 0.5) is 18.9 Å². The number of nitrogens with zero attached hydrogens (tertiary/aromatic N) is 3. The van der Waals surface area contributed by atoms with Crippen molar-refractivity contribution in [2.24, 2.45) is 0 Å². The number of benzene rings is 1. The minimum absolute atomic E-state index is 0.126. The SMILES string of the molecule is Cc1c(C(=O)Nc2ccc(S(=O)(=O)N3CCN(C)CC3)cc2)sc2nc(C(F)(F)F)ccc12. The van der Waals surface area contributed by atoms with Crippen LogP contribution in [0.25, 0.3) is 10.2 Å². The lowest BCUT2D eigenvalue weighted by Crippen LogP contribution is -2.46. The number of halogens is 3. The van der Waals surface area contributed by atoms with E-state index < -0.39 is 27.8 Å². The summed E-state index contributed by atoms with van der Waals surface area (Å²) in [6, 6.07) is 8.04. The lowest BCUT2D eigenvalue weighted by atomic mass is 10.1. The van der Waals surface area contributed by atoms with E-state index in [2.05, 4.69) is 15.2 Å². The highest BCUT2D eigenvalue weighted by Crippen LogP contribution is 2.34. The van der Waals surface area contributed by atoms with Crippen molar-refractivity contribution in [2.75, 3.05) is 38.5 Å². The van der Waals surface area contributed by atoms with E-state index in [1.165, 1.54) is 34.6 Å². The summed E-state index contributed by atoms with van der Waals surface area (Å²) >= 11 is 0.878. The number of hydrogen-bond donors (Lipinski definition) is 1. The molecule has 2 aromatic heterocycles. The molecule has 0 spiro atoms. The van der Waals surface area contributed by atoms with Gasteiger partial charge in [0.15, 0.2) is 0 Å². The average molecular weight is 499 g/mol. The quantitative estimate of drug-likeness (QED) is 0.592. The van der Waals surface area contributed by atoms with Crippen LogP contribution in [0.1, 0.15) is 20.9 Å². The first-order valence-corrected chi connectivity index (χ1v) is 12.3. The van der Waals surface area contributed by atoms with Gasteiger partial charge in [0.25, 0.3) is 5.91 Å². The summed E-state index contributed by atoms with van der Waals surface area (Å²) in [5.41, 5.74) is -0.110. The number of carbonyl (C=O) groups excluding carboxylic acids is 1. The van der Waals surface area contributed by atoms with Crippen LogP contribution in [0, 0.1) is 6.92 Å². The Morgan fingerprint density at radius 2 is 1.70 bits per heavy atom. The van der Waals surface area contributed by atoms with Gasteiger partial charge in [0.1, 0.15) is 10.5 Å². The number of carbonyl (C=O) groups is 1. The van der Waals surface area contributed by atoms with Crippen molar-refractivity contribution in [1.82, 2.24) is 14.2 Å². The molecular weight excluding hydrogens is 477 g/mol. The van der Waals surface area contributed by atoms with E-state index in [0.717, 1.165) is 17.4 Å². The Bertz CT molecular complexity index is 1300. The second kappa shape index (κ2) is 8.67. The molecule has 0 bridgehead atoms. The third-order valence-corrected chi connectivity index (χ3v) is 8.63. The van der Waals surface area contributed by atoms with Crippen LogP contribution >= 0.6 is 11.3 Å². The summed E-state index contributed by atoms with van der Waals surface area (Å²) in [4.78, 5) is 19.0. The Kier molecular flexibility index (Phi) is 6.20. The molecule has 0 atom stereocenters. The normalized spacial score (nSPS) is 16.3. The second-order valence-electron chi connectivity index (χ2n) is 7.79. The van der Waals surface area contributed by atoms with Gasteiger partial charge in [-0.15, -0.1) is 11.3 Å². The molecule has 1 aromatic carbocycles. The molecule has 1 N–H and O–H groups in total. The molecule has 4 rings (SSSR count). The topological polar surface area (TPSA) is 82.6 Å². The third kappa shape index (κ3) is 4.74. The van der Waals surface area contributed by atoms with Crippen molar-refractivity contribution >= 4 is 43.2 Å². The molecule has 0 unspecified atom stereocenters. The number of amides is 1. The third-order valence-electron chi connectivity index (χ3n) is 5.51. The molecule has 3 aromatic rings. The Balaban J connectivity index is 1.52. The molecule has 7 nitrogen and oxygen atoms in total. The number of rotatable bonds is 4. The summed E-state index contributed by atoms with van der Waals surface area (Å²) in [7, 11) is -1.69. The highest BCUT2D eigenvalue weighted by molar-refractivity contribution is 7.89. The summed E-state index contributed by atoms with van der Waals surface area (Å²) in [5.74, 6) is -0.501. The number of piperazine rings is 1. The minimum Gasteiger partial charge on any atom is -0.321 e. The molecule has 1 saturated heterocycles. The van der Waals surface area contributed by atoms with Crippen molar-refractivity contribution < 1.29 is 26.4 Å². The van der Waals surface area contributed by atoms with Gasteiger partial charge in [-0.3, -0.25) is 4.79 Å². The predicted molar refractivity (Wildman–Crippen MR) is 120 cm³/mol. The van der Waals surface area contributed by atoms with Gasteiger partial charge in [-0.05, 0) is 55.9 Å². The van der Waals surface area contributed by atoms with E-state index in [1.807, 2.05) is 7.05 Å². The number of pyridine rings is 1. The number of aryl methyl sites for hydroxylation is 1. The average Bonchev–Trinajstić information content (AvgIpc) is 3.10. The number of anilines is 1. The monoisotopic (exact) mass is 498 g/mol. The Hall–Kier alpha value is -2.54. The van der Waals surface area contributed by atoms with E-state index in [4.69, 9.17) is 0 Å². The Labute approximate surface area is 192 Å². The van der Waals surface area contributed by atoms with Crippen molar-refractivity contribution in [2.45, 2.75) is 18.0 Å². The van der Waals surface area contributed by atoms with Crippen LogP contribution in [-0.4, -0.2) is 61.7 Å². The second-order valence-corrected chi connectivity index (χ2v) is 10.7. The summed E-state index contributed by atoms with van der Waals surface area (Å²) < 4.78 is 65.9. The number of fused-ring (bicyclic) bond motifs is 1. The predicted octanol–water partition coefficient (Wildman–Crippen LogP) is 3.81. The van der Waals surface area contributed by atoms with E-state index in [0.29, 0.717) is 42.8 Å². The van der Waals surface area contributed by atoms with Crippen molar-refractivity contribution in [1.29, 1.82) is 0 Å². The number of nitrogens with one attached hydrogen (secondary N) is 1. The molecule has 0 saturated carbocycles. The smallest absolute Gasteiger partial charge is 0.321 e. The van der Waals surface area contributed by atoms with Gasteiger partial charge < -0.3 is 10.2 Å². The zero-order chi connectivity index (χ0) is 24.0. The number of sulfonamides is 1. The lowest BCUT2D eigenvalue weighted by molar-refractivity contribution is -0.140. The van der Waals surface area contributed by atoms with Crippen LogP contribution in [0.3, 0.4) is 0 Å². The molecule has 12 heteroatoms. The van der Waals surface area contributed by atoms with Crippen LogP contribution < -0.4 is 5.32 Å². The number of alkyl halides is 3. The highest BCUT2D eigenvalue weighted by Gasteiger charge is 2.33. The number of aromatic nitrogens is 1. The molecule has 3 heterocycles. The standard InChI is InChI=1S/C21H21F3N4O3S2/c1-13-16-7-8-17(21(22,23)24)26-20(16)32-18(13)19(29)25-14-3-5-15(6-4-14)33(30,31)28-11-9-27(2)10-12-28/h3-8H,9-12H2,1-2H3,(H,25,29). The van der Waals surface area contributed by atoms with Crippen LogP contribution in [0.5, 0.6) is 0 Å². The zero-order valence-electron chi connectivity index (χ0n) is 17.8. The molecule has 0 radical (unpaired) electrons. The molecule has 0 aliphatic carbocycles. The van der Waals surface area contributed by atoms with Crippen molar-refractivity contribution in [3.8, 4) is 0 Å². The fraction of sp³-hybridized carbons (Fsp3) is 0.333.